The molecule has 0 radical (unpaired) electrons. The van der Waals surface area contributed by atoms with E-state index in [4.69, 9.17) is 10.5 Å². The van der Waals surface area contributed by atoms with Crippen molar-refractivity contribution in [1.82, 2.24) is 10.2 Å². The molecule has 8 nitrogen and oxygen atoms in total. The number of carbonyl (C=O) groups excluding carboxylic acids is 4. The predicted octanol–water partition coefficient (Wildman–Crippen LogP) is 4.61. The average Bonchev–Trinajstić information content (AvgIpc) is 3.00. The van der Waals surface area contributed by atoms with Crippen LogP contribution in [0.3, 0.4) is 0 Å². The zero-order valence-corrected chi connectivity index (χ0v) is 24.2. The number of ether oxygens (including phenoxy) is 1. The van der Waals surface area contributed by atoms with Crippen LogP contribution in [0.1, 0.15) is 82.6 Å². The zero-order valence-electron chi connectivity index (χ0n) is 24.2. The second-order valence-electron chi connectivity index (χ2n) is 11.5. The first kappa shape index (κ1) is 32.3. The summed E-state index contributed by atoms with van der Waals surface area (Å²) < 4.78 is 18.9. The van der Waals surface area contributed by atoms with Crippen LogP contribution in [0.2, 0.25) is 0 Å². The highest BCUT2D eigenvalue weighted by Crippen LogP contribution is 2.35. The number of ketones is 2. The molecule has 1 saturated carbocycles. The van der Waals surface area contributed by atoms with Gasteiger partial charge < -0.3 is 20.7 Å². The molecule has 1 saturated heterocycles. The van der Waals surface area contributed by atoms with Crippen molar-refractivity contribution in [2.45, 2.75) is 89.7 Å². The van der Waals surface area contributed by atoms with Crippen LogP contribution in [0, 0.1) is 17.8 Å². The molecule has 3 N–H and O–H groups in total. The van der Waals surface area contributed by atoms with Gasteiger partial charge in [-0.3, -0.25) is 19.2 Å². The number of halogens is 1. The second-order valence-corrected chi connectivity index (χ2v) is 11.5. The van der Waals surface area contributed by atoms with Gasteiger partial charge in [0.05, 0.1) is 24.2 Å². The monoisotopic (exact) mass is 571 g/mol. The van der Waals surface area contributed by atoms with Crippen LogP contribution >= 0.6 is 0 Å². The van der Waals surface area contributed by atoms with Gasteiger partial charge in [-0.1, -0.05) is 56.2 Å². The van der Waals surface area contributed by atoms with E-state index >= 15 is 0 Å². The molecule has 0 aromatic heterocycles. The van der Waals surface area contributed by atoms with Gasteiger partial charge in [-0.25, -0.2) is 4.39 Å². The SMILES string of the molecule is C=C(N)NCCC[C@H](CC(=O)[C@@H]1CCCCN1C(=O)[C@@H](CC(=O)OCc1ccccc1)C1CCCCC1)C(=O)CF. The average molecular weight is 572 g/mol. The molecule has 1 aliphatic carbocycles. The van der Waals surface area contributed by atoms with Crippen molar-refractivity contribution < 1.29 is 28.3 Å². The minimum absolute atomic E-state index is 0.0177. The number of nitrogens with zero attached hydrogens (tertiary/aromatic N) is 1. The first-order chi connectivity index (χ1) is 19.8. The second kappa shape index (κ2) is 16.9. The van der Waals surface area contributed by atoms with Gasteiger partial charge in [0.1, 0.15) is 13.3 Å². The van der Waals surface area contributed by atoms with Crippen LogP contribution in [0.25, 0.3) is 0 Å². The van der Waals surface area contributed by atoms with E-state index in [2.05, 4.69) is 11.9 Å². The Kier molecular flexibility index (Phi) is 13.3. The molecule has 1 aromatic carbocycles. The van der Waals surface area contributed by atoms with E-state index in [1.165, 1.54) is 0 Å². The Balaban J connectivity index is 1.70. The highest BCUT2D eigenvalue weighted by atomic mass is 19.1. The highest BCUT2D eigenvalue weighted by molar-refractivity contribution is 5.94. The van der Waals surface area contributed by atoms with Gasteiger partial charge in [0.2, 0.25) is 5.91 Å². The van der Waals surface area contributed by atoms with E-state index in [9.17, 15) is 23.6 Å². The number of esters is 1. The van der Waals surface area contributed by atoms with Crippen LogP contribution < -0.4 is 11.1 Å². The molecular weight excluding hydrogens is 525 g/mol. The maximum atomic E-state index is 14.1. The number of nitrogens with one attached hydrogen (secondary N) is 1. The fraction of sp³-hybridized carbons (Fsp3) is 0.625. The van der Waals surface area contributed by atoms with Gasteiger partial charge >= 0.3 is 5.97 Å². The molecule has 3 atom stereocenters. The Morgan fingerprint density at radius 2 is 1.73 bits per heavy atom. The number of piperidine rings is 1. The fourth-order valence-corrected chi connectivity index (χ4v) is 6.17. The largest absolute Gasteiger partial charge is 0.461 e. The summed E-state index contributed by atoms with van der Waals surface area (Å²) in [7, 11) is 0. The summed E-state index contributed by atoms with van der Waals surface area (Å²) in [5.41, 5.74) is 6.39. The van der Waals surface area contributed by atoms with E-state index in [1.807, 2.05) is 30.3 Å². The van der Waals surface area contributed by atoms with Crippen LogP contribution in [-0.2, 0) is 30.5 Å². The maximum Gasteiger partial charge on any atom is 0.306 e. The quantitative estimate of drug-likeness (QED) is 0.220. The molecular formula is C32H46FN3O5. The molecule has 2 aliphatic rings. The molecule has 0 bridgehead atoms. The number of carbonyl (C=O) groups is 4. The third kappa shape index (κ3) is 10.3. The molecule has 0 spiro atoms. The Labute approximate surface area is 243 Å². The van der Waals surface area contributed by atoms with Gasteiger partial charge in [-0.2, -0.15) is 0 Å². The third-order valence-corrected chi connectivity index (χ3v) is 8.44. The summed E-state index contributed by atoms with van der Waals surface area (Å²) in [5, 5.41) is 2.88. The number of Topliss-reactive ketones (excluding diaryl/α,β-unsaturated/α-hetero) is 2. The number of hydrogen-bond acceptors (Lipinski definition) is 7. The molecule has 1 aromatic rings. The smallest absolute Gasteiger partial charge is 0.306 e. The molecule has 1 amide bonds. The summed E-state index contributed by atoms with van der Waals surface area (Å²) in [6.45, 7) is 3.49. The van der Waals surface area contributed by atoms with E-state index in [0.29, 0.717) is 38.2 Å². The lowest BCUT2D eigenvalue weighted by Gasteiger charge is -2.39. The number of hydrogen-bond donors (Lipinski definition) is 2. The minimum Gasteiger partial charge on any atom is -0.461 e. The Hall–Kier alpha value is -3.23. The molecule has 0 unspecified atom stereocenters. The van der Waals surface area contributed by atoms with Gasteiger partial charge in [0.15, 0.2) is 11.6 Å². The highest BCUT2D eigenvalue weighted by Gasteiger charge is 2.40. The molecule has 3 rings (SSSR count). The van der Waals surface area contributed by atoms with E-state index < -0.39 is 36.3 Å². The molecule has 41 heavy (non-hydrogen) atoms. The number of rotatable bonds is 16. The van der Waals surface area contributed by atoms with Crippen molar-refractivity contribution in [2.75, 3.05) is 19.8 Å². The molecule has 9 heteroatoms. The lowest BCUT2D eigenvalue weighted by molar-refractivity contribution is -0.154. The number of nitrogens with two attached hydrogens (primary N) is 1. The van der Waals surface area contributed by atoms with Crippen LogP contribution in [0.4, 0.5) is 4.39 Å². The fourth-order valence-electron chi connectivity index (χ4n) is 6.17. The number of likely N-dealkylation sites (tertiary alicyclic amines) is 1. The molecule has 2 fully saturated rings. The van der Waals surface area contributed by atoms with Crippen molar-refractivity contribution in [1.29, 1.82) is 0 Å². The van der Waals surface area contributed by atoms with E-state index in [1.54, 1.807) is 4.90 Å². The first-order valence-corrected chi connectivity index (χ1v) is 15.1. The van der Waals surface area contributed by atoms with Crippen molar-refractivity contribution in [3.05, 3.63) is 48.3 Å². The number of benzene rings is 1. The lowest BCUT2D eigenvalue weighted by Crippen LogP contribution is -2.52. The standard InChI is InChI=1S/C32H46FN3O5/c1-23(34)35-17-10-15-26(30(38)21-33)19-29(37)28-16-8-9-18-36(28)32(40)27(25-13-6-3-7-14-25)20-31(39)41-22-24-11-4-2-5-12-24/h2,4-5,11-12,25-28,35H,1,3,6-10,13-22,34H2/t26-,27+,28+/m1/s1. The van der Waals surface area contributed by atoms with Gasteiger partial charge in [0.25, 0.3) is 0 Å². The Bertz CT molecular complexity index is 1030. The van der Waals surface area contributed by atoms with Crippen molar-refractivity contribution in [3.8, 4) is 0 Å². The van der Waals surface area contributed by atoms with Crippen LogP contribution in [-0.4, -0.2) is 54.1 Å². The molecule has 226 valence electrons. The van der Waals surface area contributed by atoms with Crippen molar-refractivity contribution in [2.24, 2.45) is 23.5 Å². The van der Waals surface area contributed by atoms with E-state index in [0.717, 1.165) is 50.5 Å². The Morgan fingerprint density at radius 1 is 1.02 bits per heavy atom. The zero-order chi connectivity index (χ0) is 29.6. The maximum absolute atomic E-state index is 14.1. The van der Waals surface area contributed by atoms with Gasteiger partial charge in [-0.15, -0.1) is 0 Å². The van der Waals surface area contributed by atoms with Crippen LogP contribution in [0.15, 0.2) is 42.7 Å². The van der Waals surface area contributed by atoms with E-state index in [-0.39, 0.29) is 37.1 Å². The van der Waals surface area contributed by atoms with Gasteiger partial charge in [0, 0.05) is 25.4 Å². The first-order valence-electron chi connectivity index (χ1n) is 15.1. The summed E-state index contributed by atoms with van der Waals surface area (Å²) in [5.74, 6) is -2.33. The lowest BCUT2D eigenvalue weighted by atomic mass is 9.77. The predicted molar refractivity (Wildman–Crippen MR) is 155 cm³/mol. The minimum atomic E-state index is -1.13. The number of alkyl halides is 1. The van der Waals surface area contributed by atoms with Gasteiger partial charge in [-0.05, 0) is 56.4 Å². The third-order valence-electron chi connectivity index (χ3n) is 8.44. The Morgan fingerprint density at radius 3 is 2.41 bits per heavy atom. The van der Waals surface area contributed by atoms with Crippen LogP contribution in [0.5, 0.6) is 0 Å². The van der Waals surface area contributed by atoms with Crippen molar-refractivity contribution in [3.63, 3.8) is 0 Å². The topological polar surface area (TPSA) is 119 Å². The van der Waals surface area contributed by atoms with Crippen molar-refractivity contribution >= 4 is 23.4 Å². The summed E-state index contributed by atoms with van der Waals surface area (Å²) in [4.78, 5) is 54.6. The summed E-state index contributed by atoms with van der Waals surface area (Å²) in [6, 6.07) is 8.75. The summed E-state index contributed by atoms with van der Waals surface area (Å²) >= 11 is 0. The molecule has 1 heterocycles. The summed E-state index contributed by atoms with van der Waals surface area (Å²) in [6.07, 6.45) is 7.68. The normalized spacial score (nSPS) is 19.1. The molecule has 1 aliphatic heterocycles. The number of amides is 1.